The maximum absolute atomic E-state index is 12.4. The first-order valence-electron chi connectivity index (χ1n) is 6.59. The third-order valence-corrected chi connectivity index (χ3v) is 3.45. The molecule has 3 N–H and O–H groups in total. The van der Waals surface area contributed by atoms with E-state index in [1.165, 1.54) is 0 Å². The van der Waals surface area contributed by atoms with E-state index in [1.54, 1.807) is 0 Å². The second-order valence-electron chi connectivity index (χ2n) is 4.80. The summed E-state index contributed by atoms with van der Waals surface area (Å²) < 4.78 is 5.53. The molecule has 0 spiro atoms. The number of para-hydroxylation sites is 1. The molecule has 2 aromatic carbocycles. The van der Waals surface area contributed by atoms with Crippen LogP contribution in [0, 0.1) is 0 Å². The summed E-state index contributed by atoms with van der Waals surface area (Å²) in [6.07, 6.45) is 0. The molecule has 0 aliphatic carbocycles. The van der Waals surface area contributed by atoms with Gasteiger partial charge in [-0.15, -0.1) is 0 Å². The Labute approximate surface area is 117 Å². The molecule has 0 bridgehead atoms. The highest BCUT2D eigenvalue weighted by Crippen LogP contribution is 2.34. The molecule has 2 aromatic rings. The highest BCUT2D eigenvalue weighted by atomic mass is 16.5. The molecular formula is C16H16N2O2. The van der Waals surface area contributed by atoms with Crippen LogP contribution in [0.3, 0.4) is 0 Å². The van der Waals surface area contributed by atoms with Gasteiger partial charge in [-0.2, -0.15) is 0 Å². The van der Waals surface area contributed by atoms with Crippen LogP contribution in [0.2, 0.25) is 0 Å². The largest absolute Gasteiger partial charge is 0.492 e. The van der Waals surface area contributed by atoms with Gasteiger partial charge in [-0.25, -0.2) is 0 Å². The number of fused-ring (bicyclic) bond motifs is 1. The van der Waals surface area contributed by atoms with E-state index in [0.29, 0.717) is 13.2 Å². The Morgan fingerprint density at radius 3 is 2.95 bits per heavy atom. The molecule has 1 atom stereocenters. The van der Waals surface area contributed by atoms with Crippen molar-refractivity contribution < 1.29 is 9.53 Å². The molecule has 20 heavy (non-hydrogen) atoms. The van der Waals surface area contributed by atoms with E-state index in [0.717, 1.165) is 22.6 Å². The number of carbonyl (C=O) groups is 1. The zero-order valence-electron chi connectivity index (χ0n) is 11.0. The Balaban J connectivity index is 1.77. The first-order valence-corrected chi connectivity index (χ1v) is 6.59. The maximum atomic E-state index is 12.4. The molecule has 0 radical (unpaired) electrons. The summed E-state index contributed by atoms with van der Waals surface area (Å²) in [7, 11) is 0. The summed E-state index contributed by atoms with van der Waals surface area (Å²) >= 11 is 0. The number of carbonyl (C=O) groups excluding carboxylic acids is 1. The fraction of sp³-hybridized carbons (Fsp3) is 0.188. The fourth-order valence-electron chi connectivity index (χ4n) is 2.39. The van der Waals surface area contributed by atoms with Crippen molar-refractivity contribution in [1.82, 2.24) is 0 Å². The molecule has 3 rings (SSSR count). The van der Waals surface area contributed by atoms with Crippen molar-refractivity contribution >= 4 is 11.6 Å². The second-order valence-corrected chi connectivity index (χ2v) is 4.80. The lowest BCUT2D eigenvalue weighted by atomic mass is 10.0. The van der Waals surface area contributed by atoms with Gasteiger partial charge in [-0.3, -0.25) is 4.79 Å². The quantitative estimate of drug-likeness (QED) is 0.897. The molecule has 0 fully saturated rings. The van der Waals surface area contributed by atoms with E-state index in [2.05, 4.69) is 5.32 Å². The Bertz CT molecular complexity index is 640. The van der Waals surface area contributed by atoms with Crippen LogP contribution in [0.15, 0.2) is 48.5 Å². The van der Waals surface area contributed by atoms with Gasteiger partial charge in [0.05, 0.1) is 0 Å². The van der Waals surface area contributed by atoms with E-state index in [1.807, 2.05) is 48.5 Å². The van der Waals surface area contributed by atoms with Crippen molar-refractivity contribution in [3.63, 3.8) is 0 Å². The van der Waals surface area contributed by atoms with Crippen molar-refractivity contribution in [2.24, 2.45) is 5.73 Å². The number of hydrogen-bond acceptors (Lipinski definition) is 3. The summed E-state index contributed by atoms with van der Waals surface area (Å²) in [4.78, 5) is 12.4. The predicted molar refractivity (Wildman–Crippen MR) is 77.6 cm³/mol. The van der Waals surface area contributed by atoms with Crippen LogP contribution in [0.5, 0.6) is 5.75 Å². The highest BCUT2D eigenvalue weighted by molar-refractivity contribution is 5.97. The third kappa shape index (κ3) is 2.38. The maximum Gasteiger partial charge on any atom is 0.235 e. The van der Waals surface area contributed by atoms with Crippen molar-refractivity contribution in [2.75, 3.05) is 11.9 Å². The Morgan fingerprint density at radius 1 is 1.25 bits per heavy atom. The first-order chi connectivity index (χ1) is 9.78. The normalized spacial score (nSPS) is 16.4. The predicted octanol–water partition coefficient (Wildman–Crippen LogP) is 2.26. The van der Waals surface area contributed by atoms with Crippen molar-refractivity contribution in [2.45, 2.75) is 12.5 Å². The van der Waals surface area contributed by atoms with Crippen molar-refractivity contribution in [3.8, 4) is 5.75 Å². The van der Waals surface area contributed by atoms with Crippen LogP contribution in [-0.2, 0) is 11.3 Å². The molecule has 4 nitrogen and oxygen atoms in total. The molecule has 0 aromatic heterocycles. The molecule has 4 heteroatoms. The number of benzene rings is 2. The molecule has 1 unspecified atom stereocenters. The van der Waals surface area contributed by atoms with Gasteiger partial charge in [0, 0.05) is 17.8 Å². The van der Waals surface area contributed by atoms with Gasteiger partial charge in [0.15, 0.2) is 0 Å². The number of hydrogen-bond donors (Lipinski definition) is 2. The lowest BCUT2D eigenvalue weighted by Gasteiger charge is -2.11. The summed E-state index contributed by atoms with van der Waals surface area (Å²) in [5, 5.41) is 2.92. The van der Waals surface area contributed by atoms with Gasteiger partial charge < -0.3 is 15.8 Å². The Hall–Kier alpha value is -2.33. The van der Waals surface area contributed by atoms with E-state index >= 15 is 0 Å². The first kappa shape index (κ1) is 12.7. The van der Waals surface area contributed by atoms with Crippen LogP contribution < -0.4 is 15.8 Å². The average molecular weight is 268 g/mol. The van der Waals surface area contributed by atoms with Crippen LogP contribution in [0.1, 0.15) is 17.0 Å². The van der Waals surface area contributed by atoms with Gasteiger partial charge in [0.2, 0.25) is 5.91 Å². The molecule has 1 amide bonds. The summed E-state index contributed by atoms with van der Waals surface area (Å²) in [5.74, 6) is 0.486. The molecule has 102 valence electrons. The number of rotatable bonds is 3. The molecule has 0 saturated heterocycles. The van der Waals surface area contributed by atoms with E-state index in [-0.39, 0.29) is 11.8 Å². The van der Waals surface area contributed by atoms with Crippen molar-refractivity contribution in [3.05, 3.63) is 59.7 Å². The lowest BCUT2D eigenvalue weighted by Crippen LogP contribution is -2.22. The second kappa shape index (κ2) is 5.35. The molecule has 1 aliphatic heterocycles. The summed E-state index contributed by atoms with van der Waals surface area (Å²) in [6.45, 7) is 0.848. The van der Waals surface area contributed by atoms with Crippen molar-refractivity contribution in [1.29, 1.82) is 0 Å². The molecule has 0 saturated carbocycles. The minimum Gasteiger partial charge on any atom is -0.492 e. The van der Waals surface area contributed by atoms with Crippen LogP contribution >= 0.6 is 0 Å². The van der Waals surface area contributed by atoms with Crippen LogP contribution in [-0.4, -0.2) is 12.5 Å². The lowest BCUT2D eigenvalue weighted by molar-refractivity contribution is -0.117. The van der Waals surface area contributed by atoms with Gasteiger partial charge in [0.1, 0.15) is 18.3 Å². The number of ether oxygens (including phenoxy) is 1. The highest BCUT2D eigenvalue weighted by Gasteiger charge is 2.29. The van der Waals surface area contributed by atoms with E-state index in [4.69, 9.17) is 10.5 Å². The number of nitrogens with two attached hydrogens (primary N) is 1. The summed E-state index contributed by atoms with van der Waals surface area (Å²) in [6, 6.07) is 15.2. The minimum absolute atomic E-state index is 0.0517. The minimum atomic E-state index is -0.257. The topological polar surface area (TPSA) is 64.3 Å². The zero-order valence-corrected chi connectivity index (χ0v) is 11.0. The van der Waals surface area contributed by atoms with Gasteiger partial charge >= 0.3 is 0 Å². The Morgan fingerprint density at radius 2 is 2.10 bits per heavy atom. The third-order valence-electron chi connectivity index (χ3n) is 3.45. The van der Waals surface area contributed by atoms with E-state index < -0.39 is 0 Å². The van der Waals surface area contributed by atoms with Crippen LogP contribution in [0.25, 0.3) is 0 Å². The van der Waals surface area contributed by atoms with Crippen LogP contribution in [0.4, 0.5) is 5.69 Å². The smallest absolute Gasteiger partial charge is 0.235 e. The summed E-state index contributed by atoms with van der Waals surface area (Å²) in [5.41, 5.74) is 8.30. The standard InChI is InChI=1S/C16H16N2O2/c17-9-11-4-3-5-12(8-11)18-16(19)14-10-20-15-7-2-1-6-13(14)15/h1-8,14H,9-10,17H2,(H,18,19). The van der Waals surface area contributed by atoms with Gasteiger partial charge in [0.25, 0.3) is 0 Å². The fourth-order valence-corrected chi connectivity index (χ4v) is 2.39. The van der Waals surface area contributed by atoms with E-state index in [9.17, 15) is 4.79 Å². The average Bonchev–Trinajstić information content (AvgIpc) is 2.91. The van der Waals surface area contributed by atoms with Gasteiger partial charge in [-0.05, 0) is 23.8 Å². The zero-order chi connectivity index (χ0) is 13.9. The molecule has 1 aliphatic rings. The number of nitrogens with one attached hydrogen (secondary N) is 1. The number of anilines is 1. The molecular weight excluding hydrogens is 252 g/mol. The molecule has 1 heterocycles. The number of amides is 1. The van der Waals surface area contributed by atoms with Gasteiger partial charge in [-0.1, -0.05) is 30.3 Å². The monoisotopic (exact) mass is 268 g/mol. The SMILES string of the molecule is NCc1cccc(NC(=O)C2COc3ccccc32)c1. The Kier molecular flexibility index (Phi) is 3.39.